The molecule has 0 aromatic carbocycles. The average Bonchev–Trinajstić information content (AvgIpc) is 2.41. The Hall–Kier alpha value is -0.940. The van der Waals surface area contributed by atoms with Gasteiger partial charge in [0, 0.05) is 6.42 Å². The van der Waals surface area contributed by atoms with Gasteiger partial charge in [0.1, 0.15) is 6.54 Å². The maximum atomic E-state index is 11.0. The number of quaternary nitrogens is 1. The highest BCUT2D eigenvalue weighted by Gasteiger charge is 2.32. The standard InChI is InChI=1S/C10H15N3OS/c1-7-12-8-3-4-13(2,6-10(11)14)5-9(8)15-7/h3-6H2,1-2H3,(H-,11,14)/p+1. The predicted octanol–water partition coefficient (Wildman–Crippen LogP) is 0.440. The Kier molecular flexibility index (Phi) is 2.52. The highest BCUT2D eigenvalue weighted by atomic mass is 32.1. The number of fused-ring (bicyclic) bond motifs is 1. The number of carbonyl (C=O) groups excluding carboxylic acids is 1. The van der Waals surface area contributed by atoms with Crippen molar-refractivity contribution in [3.63, 3.8) is 0 Å². The van der Waals surface area contributed by atoms with Crippen molar-refractivity contribution in [2.75, 3.05) is 20.1 Å². The summed E-state index contributed by atoms with van der Waals surface area (Å²) in [7, 11) is 2.09. The van der Waals surface area contributed by atoms with E-state index in [4.69, 9.17) is 5.73 Å². The van der Waals surface area contributed by atoms with Crippen molar-refractivity contribution in [2.45, 2.75) is 19.9 Å². The lowest BCUT2D eigenvalue weighted by Crippen LogP contribution is -2.51. The summed E-state index contributed by atoms with van der Waals surface area (Å²) in [6, 6.07) is 0. The molecule has 4 nitrogen and oxygen atoms in total. The molecule has 0 spiro atoms. The molecule has 1 unspecified atom stereocenters. The van der Waals surface area contributed by atoms with Gasteiger partial charge in [-0.15, -0.1) is 11.3 Å². The number of primary amides is 1. The summed E-state index contributed by atoms with van der Waals surface area (Å²) in [6.07, 6.45) is 0.962. The topological polar surface area (TPSA) is 56.0 Å². The maximum Gasteiger partial charge on any atom is 0.272 e. The summed E-state index contributed by atoms with van der Waals surface area (Å²) in [5.74, 6) is -0.220. The van der Waals surface area contributed by atoms with Crippen LogP contribution in [0.5, 0.6) is 0 Å². The Morgan fingerprint density at radius 1 is 1.67 bits per heavy atom. The third-order valence-electron chi connectivity index (χ3n) is 2.84. The van der Waals surface area contributed by atoms with Crippen molar-refractivity contribution in [1.29, 1.82) is 0 Å². The van der Waals surface area contributed by atoms with Crippen LogP contribution in [0.1, 0.15) is 15.6 Å². The van der Waals surface area contributed by atoms with Gasteiger partial charge in [0.15, 0.2) is 6.54 Å². The Balaban J connectivity index is 2.20. The molecule has 1 aliphatic rings. The van der Waals surface area contributed by atoms with E-state index < -0.39 is 0 Å². The van der Waals surface area contributed by atoms with Crippen LogP contribution in [0.15, 0.2) is 0 Å². The first-order chi connectivity index (χ1) is 6.98. The number of hydrogen-bond acceptors (Lipinski definition) is 3. The fraction of sp³-hybridized carbons (Fsp3) is 0.600. The van der Waals surface area contributed by atoms with Crippen LogP contribution in [0.3, 0.4) is 0 Å². The van der Waals surface area contributed by atoms with Crippen LogP contribution in [0.25, 0.3) is 0 Å². The Bertz CT molecular complexity index is 401. The summed E-state index contributed by atoms with van der Waals surface area (Å²) in [5, 5.41) is 1.12. The van der Waals surface area contributed by atoms with E-state index in [1.807, 2.05) is 6.92 Å². The average molecular weight is 226 g/mol. The molecule has 1 atom stereocenters. The molecule has 0 aliphatic carbocycles. The highest BCUT2D eigenvalue weighted by Crippen LogP contribution is 2.27. The van der Waals surface area contributed by atoms with Crippen LogP contribution in [-0.4, -0.2) is 35.5 Å². The molecule has 2 N–H and O–H groups in total. The van der Waals surface area contributed by atoms with Gasteiger partial charge in [-0.2, -0.15) is 0 Å². The van der Waals surface area contributed by atoms with Gasteiger partial charge in [-0.1, -0.05) is 0 Å². The first-order valence-corrected chi connectivity index (χ1v) is 5.87. The van der Waals surface area contributed by atoms with Crippen LogP contribution in [0.2, 0.25) is 0 Å². The van der Waals surface area contributed by atoms with Crippen molar-refractivity contribution in [2.24, 2.45) is 5.73 Å². The molecule has 2 rings (SSSR count). The first kappa shape index (κ1) is 10.6. The number of carbonyl (C=O) groups is 1. The van der Waals surface area contributed by atoms with E-state index >= 15 is 0 Å². The molecular formula is C10H16N3OS+. The van der Waals surface area contributed by atoms with E-state index in [0.29, 0.717) is 6.54 Å². The molecule has 0 radical (unpaired) electrons. The number of aromatic nitrogens is 1. The van der Waals surface area contributed by atoms with E-state index in [2.05, 4.69) is 12.0 Å². The summed E-state index contributed by atoms with van der Waals surface area (Å²) in [6.45, 7) is 4.31. The zero-order chi connectivity index (χ0) is 11.1. The number of likely N-dealkylation sites (N-methyl/N-ethyl adjacent to an activating group) is 1. The molecule has 1 aromatic rings. The third kappa shape index (κ3) is 2.18. The number of amides is 1. The van der Waals surface area contributed by atoms with Crippen molar-refractivity contribution >= 4 is 17.2 Å². The van der Waals surface area contributed by atoms with Gasteiger partial charge in [-0.3, -0.25) is 4.79 Å². The minimum Gasteiger partial charge on any atom is -0.365 e. The normalized spacial score (nSPS) is 24.9. The van der Waals surface area contributed by atoms with Gasteiger partial charge < -0.3 is 10.2 Å². The minimum atomic E-state index is -0.220. The second kappa shape index (κ2) is 3.57. The van der Waals surface area contributed by atoms with Crippen LogP contribution in [0, 0.1) is 6.92 Å². The zero-order valence-corrected chi connectivity index (χ0v) is 9.93. The van der Waals surface area contributed by atoms with Gasteiger partial charge in [0.25, 0.3) is 5.91 Å². The number of nitrogens with two attached hydrogens (primary N) is 1. The van der Waals surface area contributed by atoms with Crippen molar-refractivity contribution in [3.05, 3.63) is 15.6 Å². The fourth-order valence-corrected chi connectivity index (χ4v) is 3.30. The smallest absolute Gasteiger partial charge is 0.272 e. The monoisotopic (exact) mass is 226 g/mol. The first-order valence-electron chi connectivity index (χ1n) is 5.05. The quantitative estimate of drug-likeness (QED) is 0.744. The fourth-order valence-electron chi connectivity index (χ4n) is 2.14. The van der Waals surface area contributed by atoms with E-state index in [9.17, 15) is 4.79 Å². The molecule has 1 aliphatic heterocycles. The van der Waals surface area contributed by atoms with Gasteiger partial charge in [-0.05, 0) is 6.92 Å². The Labute approximate surface area is 93.3 Å². The molecular weight excluding hydrogens is 210 g/mol. The van der Waals surface area contributed by atoms with Gasteiger partial charge in [0.2, 0.25) is 0 Å². The number of hydrogen-bond donors (Lipinski definition) is 1. The van der Waals surface area contributed by atoms with E-state index in [0.717, 1.165) is 29.0 Å². The van der Waals surface area contributed by atoms with Gasteiger partial charge >= 0.3 is 0 Å². The van der Waals surface area contributed by atoms with Gasteiger partial charge in [0.05, 0.1) is 29.2 Å². The minimum absolute atomic E-state index is 0.220. The zero-order valence-electron chi connectivity index (χ0n) is 9.12. The molecule has 0 bridgehead atoms. The summed E-state index contributed by atoms with van der Waals surface area (Å²) in [5.41, 5.74) is 6.49. The maximum absolute atomic E-state index is 11.0. The van der Waals surface area contributed by atoms with E-state index in [1.165, 1.54) is 10.6 Å². The van der Waals surface area contributed by atoms with Crippen molar-refractivity contribution < 1.29 is 9.28 Å². The van der Waals surface area contributed by atoms with Crippen LogP contribution >= 0.6 is 11.3 Å². The Morgan fingerprint density at radius 3 is 3.07 bits per heavy atom. The molecule has 15 heavy (non-hydrogen) atoms. The lowest BCUT2D eigenvalue weighted by atomic mass is 10.1. The van der Waals surface area contributed by atoms with Crippen LogP contribution < -0.4 is 5.73 Å². The Morgan fingerprint density at radius 2 is 2.40 bits per heavy atom. The molecule has 0 saturated carbocycles. The lowest BCUT2D eigenvalue weighted by Gasteiger charge is -2.35. The summed E-state index contributed by atoms with van der Waals surface area (Å²) in [4.78, 5) is 16.8. The number of aryl methyl sites for hydroxylation is 1. The molecule has 0 fully saturated rings. The molecule has 82 valence electrons. The van der Waals surface area contributed by atoms with Crippen molar-refractivity contribution in [3.8, 4) is 0 Å². The molecule has 2 heterocycles. The summed E-state index contributed by atoms with van der Waals surface area (Å²) >= 11 is 1.74. The number of rotatable bonds is 2. The molecule has 5 heteroatoms. The van der Waals surface area contributed by atoms with Gasteiger partial charge in [-0.25, -0.2) is 4.98 Å². The number of thiazole rings is 1. The second-order valence-corrected chi connectivity index (χ2v) is 5.77. The molecule has 1 aromatic heterocycles. The molecule has 0 saturated heterocycles. The molecule has 1 amide bonds. The van der Waals surface area contributed by atoms with Crippen LogP contribution in [0.4, 0.5) is 0 Å². The second-order valence-electron chi connectivity index (χ2n) is 4.48. The predicted molar refractivity (Wildman–Crippen MR) is 59.4 cm³/mol. The SMILES string of the molecule is Cc1nc2c(s1)C[N+](C)(CC(N)=O)CC2. The summed E-state index contributed by atoms with van der Waals surface area (Å²) < 4.78 is 0.726. The van der Waals surface area contributed by atoms with Crippen LogP contribution in [-0.2, 0) is 17.8 Å². The highest BCUT2D eigenvalue weighted by molar-refractivity contribution is 7.11. The number of nitrogens with zero attached hydrogens (tertiary/aromatic N) is 2. The third-order valence-corrected chi connectivity index (χ3v) is 3.83. The van der Waals surface area contributed by atoms with Crippen molar-refractivity contribution in [1.82, 2.24) is 4.98 Å². The largest absolute Gasteiger partial charge is 0.365 e. The van der Waals surface area contributed by atoms with E-state index in [1.54, 1.807) is 11.3 Å². The van der Waals surface area contributed by atoms with E-state index in [-0.39, 0.29) is 5.91 Å². The lowest BCUT2D eigenvalue weighted by molar-refractivity contribution is -0.916.